The second kappa shape index (κ2) is 7.14. The van der Waals surface area contributed by atoms with E-state index in [1.165, 1.54) is 24.9 Å². The van der Waals surface area contributed by atoms with Crippen LogP contribution in [0.25, 0.3) is 22.2 Å². The fourth-order valence-corrected chi connectivity index (χ4v) is 4.84. The van der Waals surface area contributed by atoms with E-state index in [0.717, 1.165) is 61.2 Å². The average molecular weight is 377 g/mol. The molecule has 0 unspecified atom stereocenters. The summed E-state index contributed by atoms with van der Waals surface area (Å²) in [6.07, 6.45) is 15.2. The van der Waals surface area contributed by atoms with Crippen LogP contribution in [0.1, 0.15) is 32.1 Å². The zero-order chi connectivity index (χ0) is 19.0. The molecule has 28 heavy (non-hydrogen) atoms. The van der Waals surface area contributed by atoms with Crippen molar-refractivity contribution in [2.24, 2.45) is 5.73 Å². The van der Waals surface area contributed by atoms with Crippen LogP contribution in [0.3, 0.4) is 0 Å². The molecule has 3 N–H and O–H groups in total. The van der Waals surface area contributed by atoms with E-state index in [1.807, 2.05) is 24.8 Å². The van der Waals surface area contributed by atoms with Crippen LogP contribution in [0.2, 0.25) is 0 Å². The Morgan fingerprint density at radius 1 is 1.04 bits per heavy atom. The number of nitrogens with two attached hydrogens (primary N) is 1. The van der Waals surface area contributed by atoms with Gasteiger partial charge < -0.3 is 15.6 Å². The Balaban J connectivity index is 1.53. The van der Waals surface area contributed by atoms with Gasteiger partial charge in [-0.2, -0.15) is 0 Å². The van der Waals surface area contributed by atoms with E-state index >= 15 is 0 Å². The minimum absolute atomic E-state index is 0.249. The molecule has 2 saturated heterocycles. The van der Waals surface area contributed by atoms with Crippen LogP contribution in [0.5, 0.6) is 0 Å². The summed E-state index contributed by atoms with van der Waals surface area (Å²) >= 11 is 0. The largest absolute Gasteiger partial charge is 0.368 e. The number of piperidine rings is 2. The smallest absolute Gasteiger partial charge is 0.139 e. The minimum Gasteiger partial charge on any atom is -0.368 e. The summed E-state index contributed by atoms with van der Waals surface area (Å²) in [5.74, 6) is 0. The molecule has 0 aliphatic carbocycles. The molecule has 1 atom stereocenters. The monoisotopic (exact) mass is 377 g/mol. The lowest BCUT2D eigenvalue weighted by molar-refractivity contribution is 0.0572. The van der Waals surface area contributed by atoms with E-state index in [2.05, 4.69) is 35.8 Å². The first-order valence-corrected chi connectivity index (χ1v) is 10.2. The number of hydrogen-bond acceptors (Lipinski definition) is 6. The maximum absolute atomic E-state index is 6.97. The number of pyridine rings is 1. The maximum atomic E-state index is 6.97. The summed E-state index contributed by atoms with van der Waals surface area (Å²) in [6, 6.07) is 2.12. The Morgan fingerprint density at radius 2 is 1.86 bits per heavy atom. The second-order valence-electron chi connectivity index (χ2n) is 8.06. The molecule has 146 valence electrons. The van der Waals surface area contributed by atoms with Crippen LogP contribution < -0.4 is 10.6 Å². The van der Waals surface area contributed by atoms with E-state index in [0.29, 0.717) is 0 Å². The average Bonchev–Trinajstić information content (AvgIpc) is 3.19. The molecular weight excluding hydrogens is 350 g/mol. The van der Waals surface area contributed by atoms with Crippen LogP contribution in [0.4, 0.5) is 5.69 Å². The maximum Gasteiger partial charge on any atom is 0.139 e. The Hall–Kier alpha value is -2.51. The fraction of sp³-hybridized carbons (Fsp3) is 0.476. The molecule has 0 spiro atoms. The summed E-state index contributed by atoms with van der Waals surface area (Å²) < 4.78 is 0. The van der Waals surface area contributed by atoms with Gasteiger partial charge in [0.15, 0.2) is 0 Å². The molecular formula is C21H27N7. The summed E-state index contributed by atoms with van der Waals surface area (Å²) in [4.78, 5) is 21.2. The molecule has 5 rings (SSSR count). The molecule has 3 aromatic heterocycles. The van der Waals surface area contributed by atoms with Crippen molar-refractivity contribution in [3.8, 4) is 11.1 Å². The van der Waals surface area contributed by atoms with Gasteiger partial charge in [0.2, 0.25) is 0 Å². The van der Waals surface area contributed by atoms with Crippen molar-refractivity contribution in [3.63, 3.8) is 0 Å². The highest BCUT2D eigenvalue weighted by molar-refractivity contribution is 6.02. The highest BCUT2D eigenvalue weighted by atomic mass is 15.3. The third-order valence-corrected chi connectivity index (χ3v) is 6.25. The summed E-state index contributed by atoms with van der Waals surface area (Å²) in [5.41, 5.74) is 10.9. The van der Waals surface area contributed by atoms with Gasteiger partial charge in [-0.05, 0) is 44.8 Å². The number of aromatic amines is 1. The van der Waals surface area contributed by atoms with Crippen LogP contribution in [-0.4, -0.2) is 56.7 Å². The molecule has 3 aromatic rings. The van der Waals surface area contributed by atoms with Gasteiger partial charge in [0.05, 0.1) is 16.7 Å². The highest BCUT2D eigenvalue weighted by Crippen LogP contribution is 2.37. The van der Waals surface area contributed by atoms with Crippen LogP contribution in [-0.2, 0) is 0 Å². The zero-order valence-corrected chi connectivity index (χ0v) is 16.1. The number of H-pyrrole nitrogens is 1. The van der Waals surface area contributed by atoms with Gasteiger partial charge in [0, 0.05) is 49.0 Å². The van der Waals surface area contributed by atoms with Crippen molar-refractivity contribution in [2.75, 3.05) is 31.1 Å². The van der Waals surface area contributed by atoms with E-state index in [-0.39, 0.29) is 5.66 Å². The first kappa shape index (κ1) is 17.6. The van der Waals surface area contributed by atoms with Crippen molar-refractivity contribution < 1.29 is 0 Å². The minimum atomic E-state index is -0.249. The second-order valence-corrected chi connectivity index (χ2v) is 8.06. The quantitative estimate of drug-likeness (QED) is 0.730. The molecule has 7 nitrogen and oxygen atoms in total. The van der Waals surface area contributed by atoms with Gasteiger partial charge in [-0.3, -0.25) is 4.90 Å². The molecule has 0 saturated carbocycles. The molecule has 0 radical (unpaired) electrons. The normalized spacial score (nSPS) is 24.0. The predicted molar refractivity (Wildman–Crippen MR) is 111 cm³/mol. The standard InChI is InChI=1S/C21H27N7/c22-21(28-9-2-1-3-10-28)6-4-8-27(14-21)18-5-7-25-20-19(18)17(13-26-20)16-11-23-15-24-12-16/h5,7,11-13,15H,1-4,6,8-10,14,22H2,(H,25,26)/t21-/m0/s1. The predicted octanol–water partition coefficient (Wildman–Crippen LogP) is 2.76. The molecule has 5 heterocycles. The number of fused-ring (bicyclic) bond motifs is 1. The van der Waals surface area contributed by atoms with Gasteiger partial charge in [-0.15, -0.1) is 0 Å². The van der Waals surface area contributed by atoms with Crippen LogP contribution >= 0.6 is 0 Å². The van der Waals surface area contributed by atoms with E-state index in [9.17, 15) is 0 Å². The van der Waals surface area contributed by atoms with Gasteiger partial charge in [-0.1, -0.05) is 6.42 Å². The Morgan fingerprint density at radius 3 is 2.68 bits per heavy atom. The molecule has 2 fully saturated rings. The topological polar surface area (TPSA) is 87.0 Å². The number of hydrogen-bond donors (Lipinski definition) is 2. The Kier molecular flexibility index (Phi) is 4.49. The Bertz CT molecular complexity index is 948. The first-order chi connectivity index (χ1) is 13.7. The van der Waals surface area contributed by atoms with Crippen molar-refractivity contribution in [2.45, 2.75) is 37.8 Å². The summed E-state index contributed by atoms with van der Waals surface area (Å²) in [6.45, 7) is 4.10. The fourth-order valence-electron chi connectivity index (χ4n) is 4.84. The lowest BCUT2D eigenvalue weighted by Crippen LogP contribution is -2.65. The van der Waals surface area contributed by atoms with Crippen molar-refractivity contribution >= 4 is 16.7 Å². The molecule has 2 aliphatic heterocycles. The van der Waals surface area contributed by atoms with Crippen molar-refractivity contribution in [1.29, 1.82) is 0 Å². The number of rotatable bonds is 3. The molecule has 0 bridgehead atoms. The lowest BCUT2D eigenvalue weighted by Gasteiger charge is -2.49. The van der Waals surface area contributed by atoms with Crippen molar-refractivity contribution in [1.82, 2.24) is 24.8 Å². The van der Waals surface area contributed by atoms with Gasteiger partial charge in [0.1, 0.15) is 12.0 Å². The highest BCUT2D eigenvalue weighted by Gasteiger charge is 2.38. The van der Waals surface area contributed by atoms with E-state index in [4.69, 9.17) is 5.73 Å². The SMILES string of the molecule is N[C@]1(N2CCCCC2)CCCN(c2ccnc3[nH]cc(-c4cncnc4)c23)C1. The third-order valence-electron chi connectivity index (χ3n) is 6.25. The Labute approximate surface area is 165 Å². The van der Waals surface area contributed by atoms with Crippen LogP contribution in [0.15, 0.2) is 37.2 Å². The lowest BCUT2D eigenvalue weighted by atomic mass is 9.93. The van der Waals surface area contributed by atoms with Crippen LogP contribution in [0, 0.1) is 0 Å². The molecule has 2 aliphatic rings. The number of nitrogens with one attached hydrogen (secondary N) is 1. The zero-order valence-electron chi connectivity index (χ0n) is 16.1. The molecule has 0 aromatic carbocycles. The molecule has 7 heteroatoms. The van der Waals surface area contributed by atoms with Gasteiger partial charge in [-0.25, -0.2) is 15.0 Å². The number of likely N-dealkylation sites (tertiary alicyclic amines) is 1. The summed E-state index contributed by atoms with van der Waals surface area (Å²) in [7, 11) is 0. The summed E-state index contributed by atoms with van der Waals surface area (Å²) in [5, 5.41) is 1.13. The number of aromatic nitrogens is 4. The first-order valence-electron chi connectivity index (χ1n) is 10.2. The number of anilines is 1. The van der Waals surface area contributed by atoms with E-state index in [1.54, 1.807) is 6.33 Å². The van der Waals surface area contributed by atoms with Crippen molar-refractivity contribution in [3.05, 3.63) is 37.2 Å². The van der Waals surface area contributed by atoms with E-state index < -0.39 is 0 Å². The van der Waals surface area contributed by atoms with Gasteiger partial charge in [0.25, 0.3) is 0 Å². The molecule has 0 amide bonds. The van der Waals surface area contributed by atoms with Gasteiger partial charge >= 0.3 is 0 Å². The third kappa shape index (κ3) is 3.04. The number of nitrogens with zero attached hydrogens (tertiary/aromatic N) is 5.